The highest BCUT2D eigenvalue weighted by Gasteiger charge is 2.27. The molecule has 1 aliphatic carbocycles. The molecule has 4 nitrogen and oxygen atoms in total. The highest BCUT2D eigenvalue weighted by Crippen LogP contribution is 2.24. The van der Waals surface area contributed by atoms with Gasteiger partial charge in [-0.3, -0.25) is 4.79 Å². The quantitative estimate of drug-likeness (QED) is 0.724. The highest BCUT2D eigenvalue weighted by molar-refractivity contribution is 5.81. The van der Waals surface area contributed by atoms with Gasteiger partial charge in [-0.25, -0.2) is 4.39 Å². The van der Waals surface area contributed by atoms with Gasteiger partial charge in [-0.05, 0) is 38.8 Å². The predicted molar refractivity (Wildman–Crippen MR) is 79.7 cm³/mol. The minimum absolute atomic E-state index is 0.166. The fraction of sp³-hybridized carbons (Fsp3) is 0.562. The summed E-state index contributed by atoms with van der Waals surface area (Å²) < 4.78 is 19.5. The lowest BCUT2D eigenvalue weighted by atomic mass is 10.2. The van der Waals surface area contributed by atoms with E-state index in [4.69, 9.17) is 4.74 Å². The number of carbonyl (C=O) groups is 1. The van der Waals surface area contributed by atoms with Crippen LogP contribution in [0, 0.1) is 5.82 Å². The van der Waals surface area contributed by atoms with Crippen LogP contribution in [0.4, 0.5) is 4.39 Å². The molecule has 0 aliphatic heterocycles. The van der Waals surface area contributed by atoms with E-state index in [1.54, 1.807) is 13.0 Å². The number of hydrogen-bond donors (Lipinski definition) is 2. The van der Waals surface area contributed by atoms with Crippen molar-refractivity contribution >= 4 is 5.91 Å². The summed E-state index contributed by atoms with van der Waals surface area (Å²) in [5, 5.41) is 6.08. The van der Waals surface area contributed by atoms with Crippen molar-refractivity contribution in [2.75, 3.05) is 6.54 Å². The van der Waals surface area contributed by atoms with Crippen molar-refractivity contribution in [3.63, 3.8) is 0 Å². The molecule has 116 valence electrons. The molecule has 5 heteroatoms. The van der Waals surface area contributed by atoms with Gasteiger partial charge in [-0.15, -0.1) is 0 Å². The maximum atomic E-state index is 14.0. The van der Waals surface area contributed by atoms with E-state index in [1.807, 2.05) is 6.07 Å². The number of amides is 1. The van der Waals surface area contributed by atoms with Gasteiger partial charge in [-0.2, -0.15) is 0 Å². The van der Waals surface area contributed by atoms with Gasteiger partial charge >= 0.3 is 0 Å². The van der Waals surface area contributed by atoms with Gasteiger partial charge in [0, 0.05) is 18.2 Å². The fourth-order valence-corrected chi connectivity index (χ4v) is 2.00. The smallest absolute Gasteiger partial charge is 0.260 e. The second-order valence-electron chi connectivity index (χ2n) is 5.45. The minimum Gasteiger partial charge on any atom is -0.477 e. The summed E-state index contributed by atoms with van der Waals surface area (Å²) in [6, 6.07) is 5.09. The van der Waals surface area contributed by atoms with E-state index in [-0.39, 0.29) is 17.7 Å². The van der Waals surface area contributed by atoms with E-state index in [0.717, 1.165) is 31.4 Å². The molecule has 0 bridgehead atoms. The van der Waals surface area contributed by atoms with Crippen LogP contribution in [-0.2, 0) is 11.3 Å². The summed E-state index contributed by atoms with van der Waals surface area (Å²) in [5.41, 5.74) is 0.731. The maximum absolute atomic E-state index is 14.0. The molecule has 1 aliphatic rings. The zero-order valence-electron chi connectivity index (χ0n) is 12.6. The molecule has 1 aromatic rings. The van der Waals surface area contributed by atoms with Crippen LogP contribution in [0.15, 0.2) is 18.2 Å². The van der Waals surface area contributed by atoms with Crippen molar-refractivity contribution in [3.8, 4) is 5.75 Å². The molecular formula is C16H23FN2O2. The molecular weight excluding hydrogens is 271 g/mol. The van der Waals surface area contributed by atoms with Gasteiger partial charge in [0.1, 0.15) is 0 Å². The molecule has 0 saturated heterocycles. The number of carbonyl (C=O) groups excluding carboxylic acids is 1. The number of nitrogens with one attached hydrogen (secondary N) is 2. The summed E-state index contributed by atoms with van der Waals surface area (Å²) in [6.45, 7) is 5.10. The van der Waals surface area contributed by atoms with Crippen molar-refractivity contribution in [2.24, 2.45) is 0 Å². The second kappa shape index (κ2) is 7.41. The average Bonchev–Trinajstić information content (AvgIpc) is 3.26. The van der Waals surface area contributed by atoms with Crippen molar-refractivity contribution in [1.82, 2.24) is 10.6 Å². The zero-order chi connectivity index (χ0) is 15.2. The molecule has 0 heterocycles. The van der Waals surface area contributed by atoms with Crippen LogP contribution in [0.1, 0.15) is 38.7 Å². The van der Waals surface area contributed by atoms with Crippen molar-refractivity contribution in [3.05, 3.63) is 29.6 Å². The van der Waals surface area contributed by atoms with Gasteiger partial charge in [0.05, 0.1) is 0 Å². The van der Waals surface area contributed by atoms with E-state index in [0.29, 0.717) is 6.54 Å². The first-order chi connectivity index (χ1) is 10.1. The minimum atomic E-state index is -0.701. The van der Waals surface area contributed by atoms with Gasteiger partial charge in [0.25, 0.3) is 5.91 Å². The summed E-state index contributed by atoms with van der Waals surface area (Å²) in [7, 11) is 0. The standard InChI is InChI=1S/C16H23FN2O2/c1-3-9-18-10-12-5-4-6-14(17)15(12)21-11(2)16(20)19-13-7-8-13/h4-6,11,13,18H,3,7-10H2,1-2H3,(H,19,20). The Labute approximate surface area is 125 Å². The molecule has 1 unspecified atom stereocenters. The lowest BCUT2D eigenvalue weighted by Crippen LogP contribution is -2.37. The number of halogens is 1. The van der Waals surface area contributed by atoms with Crippen LogP contribution in [-0.4, -0.2) is 24.6 Å². The molecule has 1 aromatic carbocycles. The Kier molecular flexibility index (Phi) is 5.56. The Balaban J connectivity index is 2.00. The van der Waals surface area contributed by atoms with Crippen molar-refractivity contribution < 1.29 is 13.9 Å². The van der Waals surface area contributed by atoms with Gasteiger partial charge in [0.15, 0.2) is 17.7 Å². The van der Waals surface area contributed by atoms with Gasteiger partial charge < -0.3 is 15.4 Å². The fourth-order valence-electron chi connectivity index (χ4n) is 2.00. The Morgan fingerprint density at radius 2 is 2.24 bits per heavy atom. The third-order valence-electron chi connectivity index (χ3n) is 3.38. The second-order valence-corrected chi connectivity index (χ2v) is 5.45. The van der Waals surface area contributed by atoms with Crippen molar-refractivity contribution in [1.29, 1.82) is 0 Å². The summed E-state index contributed by atoms with van der Waals surface area (Å²) in [4.78, 5) is 11.9. The Bertz CT molecular complexity index is 489. The Morgan fingerprint density at radius 1 is 1.48 bits per heavy atom. The summed E-state index contributed by atoms with van der Waals surface area (Å²) in [6.07, 6.45) is 2.34. The molecule has 0 spiro atoms. The zero-order valence-corrected chi connectivity index (χ0v) is 12.6. The van der Waals surface area contributed by atoms with Gasteiger partial charge in [-0.1, -0.05) is 19.1 Å². The van der Waals surface area contributed by atoms with E-state index >= 15 is 0 Å². The van der Waals surface area contributed by atoms with Crippen LogP contribution in [0.25, 0.3) is 0 Å². The van der Waals surface area contributed by atoms with Crippen molar-refractivity contribution in [2.45, 2.75) is 51.8 Å². The molecule has 0 radical (unpaired) electrons. The Hall–Kier alpha value is -1.62. The lowest BCUT2D eigenvalue weighted by Gasteiger charge is -2.18. The predicted octanol–water partition coefficient (Wildman–Crippen LogP) is 2.37. The molecule has 2 N–H and O–H groups in total. The van der Waals surface area contributed by atoms with Crippen LogP contribution < -0.4 is 15.4 Å². The summed E-state index contributed by atoms with van der Waals surface area (Å²) in [5.74, 6) is -0.454. The largest absolute Gasteiger partial charge is 0.477 e. The molecule has 1 atom stereocenters. The number of hydrogen-bond acceptors (Lipinski definition) is 3. The maximum Gasteiger partial charge on any atom is 0.260 e. The number of ether oxygens (including phenoxy) is 1. The van der Waals surface area contributed by atoms with E-state index in [2.05, 4.69) is 17.6 Å². The van der Waals surface area contributed by atoms with E-state index < -0.39 is 11.9 Å². The van der Waals surface area contributed by atoms with Gasteiger partial charge in [0.2, 0.25) is 0 Å². The monoisotopic (exact) mass is 294 g/mol. The van der Waals surface area contributed by atoms with Crippen LogP contribution >= 0.6 is 0 Å². The third-order valence-corrected chi connectivity index (χ3v) is 3.38. The van der Waals surface area contributed by atoms with Crippen LogP contribution in [0.2, 0.25) is 0 Å². The molecule has 0 aromatic heterocycles. The average molecular weight is 294 g/mol. The lowest BCUT2D eigenvalue weighted by molar-refractivity contribution is -0.127. The molecule has 1 amide bonds. The number of para-hydroxylation sites is 1. The van der Waals surface area contributed by atoms with E-state index in [1.165, 1.54) is 6.07 Å². The number of rotatable bonds is 8. The first kappa shape index (κ1) is 15.8. The molecule has 21 heavy (non-hydrogen) atoms. The van der Waals surface area contributed by atoms with E-state index in [9.17, 15) is 9.18 Å². The normalized spacial score (nSPS) is 15.6. The van der Waals surface area contributed by atoms with Crippen LogP contribution in [0.5, 0.6) is 5.75 Å². The SMILES string of the molecule is CCCNCc1cccc(F)c1OC(C)C(=O)NC1CC1. The van der Waals surface area contributed by atoms with Crippen LogP contribution in [0.3, 0.4) is 0 Å². The molecule has 1 fully saturated rings. The third kappa shape index (κ3) is 4.70. The first-order valence-electron chi connectivity index (χ1n) is 7.57. The first-order valence-corrected chi connectivity index (χ1v) is 7.57. The number of benzene rings is 1. The molecule has 1 saturated carbocycles. The molecule has 2 rings (SSSR count). The summed E-state index contributed by atoms with van der Waals surface area (Å²) >= 11 is 0. The highest BCUT2D eigenvalue weighted by atomic mass is 19.1. The Morgan fingerprint density at radius 3 is 2.90 bits per heavy atom. The topological polar surface area (TPSA) is 50.4 Å².